The van der Waals surface area contributed by atoms with Crippen LogP contribution in [0.1, 0.15) is 46.5 Å². The van der Waals surface area contributed by atoms with E-state index in [1.807, 2.05) is 20.8 Å². The van der Waals surface area contributed by atoms with Crippen molar-refractivity contribution in [2.75, 3.05) is 32.7 Å². The van der Waals surface area contributed by atoms with Crippen LogP contribution >= 0.6 is 0 Å². The number of carbonyl (C=O) groups excluding carboxylic acids is 4. The molecule has 0 unspecified atom stereocenters. The molecule has 8 heteroatoms. The molecule has 0 aromatic heterocycles. The number of amides is 4. The Morgan fingerprint density at radius 3 is 2.04 bits per heavy atom. The van der Waals surface area contributed by atoms with Gasteiger partial charge < -0.3 is 14.5 Å². The number of nitrogens with zero attached hydrogens (tertiary/aromatic N) is 3. The summed E-state index contributed by atoms with van der Waals surface area (Å²) in [5, 5.41) is 0. The van der Waals surface area contributed by atoms with Gasteiger partial charge in [-0.15, -0.1) is 0 Å². The fourth-order valence-corrected chi connectivity index (χ4v) is 3.00. The topological polar surface area (TPSA) is 87.2 Å². The molecule has 0 saturated carbocycles. The summed E-state index contributed by atoms with van der Waals surface area (Å²) >= 11 is 0. The van der Waals surface area contributed by atoms with Crippen molar-refractivity contribution in [1.82, 2.24) is 14.7 Å². The van der Waals surface area contributed by atoms with E-state index >= 15 is 0 Å². The summed E-state index contributed by atoms with van der Waals surface area (Å²) in [5.41, 5.74) is -0.523. The summed E-state index contributed by atoms with van der Waals surface area (Å²) in [7, 11) is 0. The van der Waals surface area contributed by atoms with Gasteiger partial charge in [-0.05, 0) is 33.6 Å². The minimum absolute atomic E-state index is 0.0776. The molecule has 0 aliphatic carbocycles. The minimum atomic E-state index is -0.523. The van der Waals surface area contributed by atoms with Crippen LogP contribution in [0.15, 0.2) is 12.2 Å². The minimum Gasteiger partial charge on any atom is -0.444 e. The largest absolute Gasteiger partial charge is 0.444 e. The number of piperazine rings is 1. The van der Waals surface area contributed by atoms with Crippen molar-refractivity contribution in [2.45, 2.75) is 52.1 Å². The van der Waals surface area contributed by atoms with E-state index in [1.165, 1.54) is 17.1 Å². The molecule has 1 fully saturated rings. The van der Waals surface area contributed by atoms with Gasteiger partial charge >= 0.3 is 6.09 Å². The SMILES string of the molecule is CC(C)(C)OC(=O)N1CCN(C(=O)CCCCCN2C(=O)C=CC2=O)CC1. The summed E-state index contributed by atoms with van der Waals surface area (Å²) in [6.45, 7) is 7.87. The Kier molecular flexibility index (Phi) is 6.98. The van der Waals surface area contributed by atoms with Crippen LogP contribution in [0.5, 0.6) is 0 Å². The number of hydrogen-bond donors (Lipinski definition) is 0. The molecule has 2 heterocycles. The van der Waals surface area contributed by atoms with Crippen molar-refractivity contribution >= 4 is 23.8 Å². The van der Waals surface area contributed by atoms with Gasteiger partial charge in [0.05, 0.1) is 0 Å². The second-order valence-corrected chi connectivity index (χ2v) is 7.82. The van der Waals surface area contributed by atoms with Crippen LogP contribution in [0.3, 0.4) is 0 Å². The van der Waals surface area contributed by atoms with E-state index in [0.717, 1.165) is 12.8 Å². The van der Waals surface area contributed by atoms with Crippen LogP contribution < -0.4 is 0 Å². The highest BCUT2D eigenvalue weighted by atomic mass is 16.6. The normalized spacial score (nSPS) is 17.7. The van der Waals surface area contributed by atoms with Crippen molar-refractivity contribution < 1.29 is 23.9 Å². The first kappa shape index (κ1) is 20.9. The predicted molar refractivity (Wildman–Crippen MR) is 98.7 cm³/mol. The zero-order valence-electron chi connectivity index (χ0n) is 16.4. The van der Waals surface area contributed by atoms with Gasteiger partial charge in [0.15, 0.2) is 0 Å². The molecule has 1 saturated heterocycles. The summed E-state index contributed by atoms with van der Waals surface area (Å²) in [6.07, 6.45) is 4.85. The molecule has 0 radical (unpaired) electrons. The van der Waals surface area contributed by atoms with Gasteiger partial charge in [-0.1, -0.05) is 6.42 Å². The highest BCUT2D eigenvalue weighted by Crippen LogP contribution is 2.13. The number of unbranched alkanes of at least 4 members (excludes halogenated alkanes) is 2. The average Bonchev–Trinajstić information content (AvgIpc) is 2.91. The third-order valence-electron chi connectivity index (χ3n) is 4.46. The lowest BCUT2D eigenvalue weighted by Gasteiger charge is -2.35. The van der Waals surface area contributed by atoms with E-state index in [9.17, 15) is 19.2 Å². The predicted octanol–water partition coefficient (Wildman–Crippen LogP) is 1.55. The number of ether oxygens (including phenoxy) is 1. The lowest BCUT2D eigenvalue weighted by atomic mass is 10.1. The quantitative estimate of drug-likeness (QED) is 0.516. The second-order valence-electron chi connectivity index (χ2n) is 7.82. The fourth-order valence-electron chi connectivity index (χ4n) is 3.00. The molecule has 2 rings (SSSR count). The van der Waals surface area contributed by atoms with Crippen molar-refractivity contribution in [3.63, 3.8) is 0 Å². The Morgan fingerprint density at radius 1 is 0.926 bits per heavy atom. The average molecular weight is 379 g/mol. The highest BCUT2D eigenvalue weighted by Gasteiger charge is 2.27. The first-order valence-electron chi connectivity index (χ1n) is 9.46. The van der Waals surface area contributed by atoms with Crippen LogP contribution in [-0.2, 0) is 19.1 Å². The van der Waals surface area contributed by atoms with Crippen LogP contribution in [0.2, 0.25) is 0 Å². The van der Waals surface area contributed by atoms with E-state index in [1.54, 1.807) is 9.80 Å². The highest BCUT2D eigenvalue weighted by molar-refractivity contribution is 6.12. The first-order chi connectivity index (χ1) is 12.7. The second kappa shape index (κ2) is 9.01. The maximum absolute atomic E-state index is 12.3. The summed E-state index contributed by atoms with van der Waals surface area (Å²) in [5.74, 6) is -0.452. The zero-order valence-corrected chi connectivity index (χ0v) is 16.4. The van der Waals surface area contributed by atoms with Gasteiger partial charge in [0.25, 0.3) is 11.8 Å². The third-order valence-corrected chi connectivity index (χ3v) is 4.46. The van der Waals surface area contributed by atoms with Crippen molar-refractivity contribution in [3.8, 4) is 0 Å². The number of imide groups is 1. The molecule has 150 valence electrons. The van der Waals surface area contributed by atoms with Gasteiger partial charge in [-0.2, -0.15) is 0 Å². The van der Waals surface area contributed by atoms with Gasteiger partial charge in [0.1, 0.15) is 5.60 Å². The van der Waals surface area contributed by atoms with E-state index in [0.29, 0.717) is 45.6 Å². The molecule has 0 N–H and O–H groups in total. The lowest BCUT2D eigenvalue weighted by molar-refractivity contribution is -0.137. The van der Waals surface area contributed by atoms with Crippen molar-refractivity contribution in [2.24, 2.45) is 0 Å². The Morgan fingerprint density at radius 2 is 1.48 bits per heavy atom. The molecule has 0 aromatic carbocycles. The standard InChI is InChI=1S/C19H29N3O5/c1-19(2,3)27-18(26)21-13-11-20(12-14-21)15(23)7-5-4-6-10-22-16(24)8-9-17(22)25/h8-9H,4-7,10-14H2,1-3H3. The van der Waals surface area contributed by atoms with Gasteiger partial charge in [0, 0.05) is 51.3 Å². The monoisotopic (exact) mass is 379 g/mol. The molecule has 8 nitrogen and oxygen atoms in total. The number of rotatable bonds is 6. The molecule has 0 bridgehead atoms. The molecular formula is C19H29N3O5. The van der Waals surface area contributed by atoms with E-state index in [2.05, 4.69) is 0 Å². The lowest BCUT2D eigenvalue weighted by Crippen LogP contribution is -2.51. The zero-order chi connectivity index (χ0) is 20.0. The smallest absolute Gasteiger partial charge is 0.410 e. The molecular weight excluding hydrogens is 350 g/mol. The summed E-state index contributed by atoms with van der Waals surface area (Å²) in [6, 6.07) is 0. The van der Waals surface area contributed by atoms with E-state index in [4.69, 9.17) is 4.74 Å². The Hall–Kier alpha value is -2.38. The van der Waals surface area contributed by atoms with Crippen molar-refractivity contribution in [1.29, 1.82) is 0 Å². The van der Waals surface area contributed by atoms with Gasteiger partial charge in [-0.3, -0.25) is 19.3 Å². The van der Waals surface area contributed by atoms with Crippen molar-refractivity contribution in [3.05, 3.63) is 12.2 Å². The molecule has 0 atom stereocenters. The maximum atomic E-state index is 12.3. The van der Waals surface area contributed by atoms with Crippen LogP contribution in [0.25, 0.3) is 0 Å². The molecule has 0 spiro atoms. The molecule has 27 heavy (non-hydrogen) atoms. The summed E-state index contributed by atoms with van der Waals surface area (Å²) < 4.78 is 5.35. The first-order valence-corrected chi connectivity index (χ1v) is 9.46. The van der Waals surface area contributed by atoms with Crippen LogP contribution in [-0.4, -0.2) is 76.8 Å². The number of hydrogen-bond acceptors (Lipinski definition) is 5. The maximum Gasteiger partial charge on any atom is 0.410 e. The van der Waals surface area contributed by atoms with E-state index in [-0.39, 0.29) is 23.8 Å². The molecule has 0 aromatic rings. The third kappa shape index (κ3) is 6.37. The van der Waals surface area contributed by atoms with Gasteiger partial charge in [0.2, 0.25) is 5.91 Å². The number of carbonyl (C=O) groups is 4. The molecule has 4 amide bonds. The Labute approximate surface area is 160 Å². The molecule has 2 aliphatic heterocycles. The van der Waals surface area contributed by atoms with E-state index < -0.39 is 5.60 Å². The Balaban J connectivity index is 1.60. The molecule has 2 aliphatic rings. The summed E-state index contributed by atoms with van der Waals surface area (Å²) in [4.78, 5) is 51.8. The van der Waals surface area contributed by atoms with Crippen LogP contribution in [0, 0.1) is 0 Å². The Bertz CT molecular complexity index is 597. The van der Waals surface area contributed by atoms with Crippen LogP contribution in [0.4, 0.5) is 4.79 Å². The fraction of sp³-hybridized carbons (Fsp3) is 0.684. The van der Waals surface area contributed by atoms with Gasteiger partial charge in [-0.25, -0.2) is 4.79 Å².